The van der Waals surface area contributed by atoms with Crippen molar-refractivity contribution in [3.05, 3.63) is 54.5 Å². The van der Waals surface area contributed by atoms with Gasteiger partial charge in [0, 0.05) is 12.6 Å². The summed E-state index contributed by atoms with van der Waals surface area (Å²) in [6, 6.07) is 12.2. The fourth-order valence-electron chi connectivity index (χ4n) is 2.44. The Labute approximate surface area is 138 Å². The van der Waals surface area contributed by atoms with Gasteiger partial charge in [0.15, 0.2) is 9.84 Å². The highest BCUT2D eigenvalue weighted by atomic mass is 32.2. The molecule has 1 N–H and O–H groups in total. The summed E-state index contributed by atoms with van der Waals surface area (Å²) in [4.78, 5) is 2.41. The van der Waals surface area contributed by atoms with Gasteiger partial charge in [0.05, 0.1) is 23.0 Å². The van der Waals surface area contributed by atoms with Crippen molar-refractivity contribution in [3.63, 3.8) is 0 Å². The number of hydrogen-bond donors (Lipinski definition) is 1. The van der Waals surface area contributed by atoms with Crippen LogP contribution >= 0.6 is 0 Å². The van der Waals surface area contributed by atoms with Gasteiger partial charge in [-0.2, -0.15) is 0 Å². The summed E-state index contributed by atoms with van der Waals surface area (Å²) in [6.45, 7) is 2.50. The van der Waals surface area contributed by atoms with Crippen molar-refractivity contribution in [3.8, 4) is 0 Å². The predicted molar refractivity (Wildman–Crippen MR) is 91.1 cm³/mol. The molecule has 0 spiro atoms. The molecule has 0 aliphatic carbocycles. The molecule has 0 fully saturated rings. The second kappa shape index (κ2) is 7.77. The van der Waals surface area contributed by atoms with Crippen LogP contribution in [0.5, 0.6) is 0 Å². The summed E-state index contributed by atoms with van der Waals surface area (Å²) in [5.74, 6) is 0.926. The third-order valence-electron chi connectivity index (χ3n) is 3.73. The quantitative estimate of drug-likeness (QED) is 0.802. The molecule has 6 heteroatoms. The number of nitrogens with zero attached hydrogens (tertiary/aromatic N) is 1. The average molecular weight is 336 g/mol. The van der Waals surface area contributed by atoms with Gasteiger partial charge in [0.25, 0.3) is 0 Å². The van der Waals surface area contributed by atoms with Gasteiger partial charge in [-0.3, -0.25) is 4.90 Å². The lowest BCUT2D eigenvalue weighted by atomic mass is 10.2. The topological polar surface area (TPSA) is 62.6 Å². The summed E-state index contributed by atoms with van der Waals surface area (Å²) in [5.41, 5.74) is 0. The van der Waals surface area contributed by atoms with Gasteiger partial charge < -0.3 is 9.73 Å². The molecular weight excluding hydrogens is 312 g/mol. The van der Waals surface area contributed by atoms with Crippen molar-refractivity contribution >= 4 is 9.84 Å². The molecule has 0 radical (unpaired) electrons. The lowest BCUT2D eigenvalue weighted by molar-refractivity contribution is 0.246. The zero-order valence-corrected chi connectivity index (χ0v) is 14.6. The first-order valence-electron chi connectivity index (χ1n) is 7.61. The molecule has 1 heterocycles. The van der Waals surface area contributed by atoms with E-state index in [1.165, 1.54) is 0 Å². The van der Waals surface area contributed by atoms with E-state index in [-0.39, 0.29) is 17.8 Å². The van der Waals surface area contributed by atoms with E-state index in [4.69, 9.17) is 4.42 Å². The van der Waals surface area contributed by atoms with Crippen LogP contribution in [0.1, 0.15) is 18.7 Å². The molecule has 2 atom stereocenters. The Morgan fingerprint density at radius 1 is 1.13 bits per heavy atom. The second-order valence-corrected chi connectivity index (χ2v) is 7.93. The zero-order valence-electron chi connectivity index (χ0n) is 13.8. The van der Waals surface area contributed by atoms with Gasteiger partial charge in [-0.05, 0) is 45.3 Å². The van der Waals surface area contributed by atoms with Crippen LogP contribution in [-0.2, 0) is 9.84 Å². The molecule has 2 aromatic rings. The van der Waals surface area contributed by atoms with Crippen LogP contribution in [0.2, 0.25) is 0 Å². The van der Waals surface area contributed by atoms with Crippen molar-refractivity contribution < 1.29 is 12.8 Å². The second-order valence-electron chi connectivity index (χ2n) is 5.90. The van der Waals surface area contributed by atoms with Crippen molar-refractivity contribution in [1.29, 1.82) is 0 Å². The van der Waals surface area contributed by atoms with Crippen molar-refractivity contribution in [1.82, 2.24) is 10.2 Å². The molecular formula is C17H24N2O3S. The number of sulfone groups is 1. The minimum atomic E-state index is -3.28. The average Bonchev–Trinajstić information content (AvgIpc) is 3.01. The molecule has 0 amide bonds. The van der Waals surface area contributed by atoms with Crippen molar-refractivity contribution in [2.75, 3.05) is 26.4 Å². The maximum Gasteiger partial charge on any atom is 0.179 e. The van der Waals surface area contributed by atoms with Crippen LogP contribution in [0.3, 0.4) is 0 Å². The van der Waals surface area contributed by atoms with Gasteiger partial charge in [-0.15, -0.1) is 0 Å². The highest BCUT2D eigenvalue weighted by molar-refractivity contribution is 7.91. The Morgan fingerprint density at radius 3 is 2.39 bits per heavy atom. The maximum absolute atomic E-state index is 12.4. The lowest BCUT2D eigenvalue weighted by Gasteiger charge is -2.24. The van der Waals surface area contributed by atoms with E-state index in [1.54, 1.807) is 30.5 Å². The van der Waals surface area contributed by atoms with E-state index in [2.05, 4.69) is 5.32 Å². The highest BCUT2D eigenvalue weighted by Gasteiger charge is 2.21. The highest BCUT2D eigenvalue weighted by Crippen LogP contribution is 2.18. The van der Waals surface area contributed by atoms with Crippen LogP contribution in [0.25, 0.3) is 0 Å². The van der Waals surface area contributed by atoms with Crippen LogP contribution in [0.15, 0.2) is 58.0 Å². The van der Waals surface area contributed by atoms with Gasteiger partial charge in [0.2, 0.25) is 0 Å². The summed E-state index contributed by atoms with van der Waals surface area (Å²) in [7, 11) is 0.664. The molecule has 5 nitrogen and oxygen atoms in total. The van der Waals surface area contributed by atoms with E-state index in [9.17, 15) is 8.42 Å². The van der Waals surface area contributed by atoms with E-state index in [0.29, 0.717) is 11.4 Å². The van der Waals surface area contributed by atoms with E-state index < -0.39 is 9.84 Å². The van der Waals surface area contributed by atoms with Gasteiger partial charge in [-0.25, -0.2) is 8.42 Å². The van der Waals surface area contributed by atoms with Gasteiger partial charge >= 0.3 is 0 Å². The molecule has 1 aromatic carbocycles. The third kappa shape index (κ3) is 4.92. The largest absolute Gasteiger partial charge is 0.468 e. The van der Waals surface area contributed by atoms with Gasteiger partial charge in [0.1, 0.15) is 5.76 Å². The van der Waals surface area contributed by atoms with Crippen LogP contribution in [-0.4, -0.2) is 45.8 Å². The number of likely N-dealkylation sites (N-methyl/N-ethyl adjacent to an activating group) is 1. The molecule has 0 aliphatic heterocycles. The van der Waals surface area contributed by atoms with Crippen LogP contribution in [0, 0.1) is 0 Å². The number of hydrogen-bond acceptors (Lipinski definition) is 5. The first-order valence-corrected chi connectivity index (χ1v) is 9.26. The van der Waals surface area contributed by atoms with E-state index >= 15 is 0 Å². The molecule has 0 saturated heterocycles. The third-order valence-corrected chi connectivity index (χ3v) is 5.66. The Balaban J connectivity index is 1.95. The fraction of sp³-hybridized carbons (Fsp3) is 0.412. The molecule has 2 rings (SSSR count). The molecule has 0 saturated carbocycles. The zero-order chi connectivity index (χ0) is 16.9. The van der Waals surface area contributed by atoms with E-state index in [1.807, 2.05) is 44.1 Å². The summed E-state index contributed by atoms with van der Waals surface area (Å²) in [6.07, 6.45) is 1.65. The van der Waals surface area contributed by atoms with Crippen molar-refractivity contribution in [2.45, 2.75) is 23.9 Å². The molecule has 126 valence electrons. The molecule has 1 aromatic heterocycles. The van der Waals surface area contributed by atoms with Crippen LogP contribution in [0.4, 0.5) is 0 Å². The Kier molecular flexibility index (Phi) is 5.98. The summed E-state index contributed by atoms with van der Waals surface area (Å²) >= 11 is 0. The lowest BCUT2D eigenvalue weighted by Crippen LogP contribution is -2.39. The van der Waals surface area contributed by atoms with E-state index in [0.717, 1.165) is 5.76 Å². The van der Waals surface area contributed by atoms with Gasteiger partial charge in [-0.1, -0.05) is 18.2 Å². The number of furan rings is 1. The van der Waals surface area contributed by atoms with Crippen LogP contribution < -0.4 is 5.32 Å². The SMILES string of the molecule is C[C@@H](CS(=O)(=O)c1ccccc1)NC[C@@H](c1ccco1)N(C)C. The minimum Gasteiger partial charge on any atom is -0.468 e. The standard InChI is InChI=1S/C17H24N2O3S/c1-14(13-23(20,21)15-8-5-4-6-9-15)18-12-16(19(2)3)17-10-7-11-22-17/h4-11,14,16,18H,12-13H2,1-3H3/t14-,16-/m0/s1. The predicted octanol–water partition coefficient (Wildman–Crippen LogP) is 2.33. The summed E-state index contributed by atoms with van der Waals surface area (Å²) in [5, 5.41) is 3.30. The Hall–Kier alpha value is -1.63. The molecule has 0 unspecified atom stereocenters. The normalized spacial score (nSPS) is 14.8. The molecule has 23 heavy (non-hydrogen) atoms. The monoisotopic (exact) mass is 336 g/mol. The fourth-order valence-corrected chi connectivity index (χ4v) is 3.98. The molecule has 0 bridgehead atoms. The van der Waals surface area contributed by atoms with Crippen molar-refractivity contribution in [2.24, 2.45) is 0 Å². The number of nitrogens with one attached hydrogen (secondary N) is 1. The Bertz CT molecular complexity index is 682. The Morgan fingerprint density at radius 2 is 1.83 bits per heavy atom. The number of rotatable bonds is 8. The minimum absolute atomic E-state index is 0.0619. The first kappa shape index (κ1) is 17.7. The smallest absolute Gasteiger partial charge is 0.179 e. The molecule has 0 aliphatic rings. The summed E-state index contributed by atoms with van der Waals surface area (Å²) < 4.78 is 30.2. The maximum atomic E-state index is 12.4. The number of benzene rings is 1. The first-order chi connectivity index (χ1) is 10.9.